The van der Waals surface area contributed by atoms with Gasteiger partial charge in [-0.25, -0.2) is 0 Å². The summed E-state index contributed by atoms with van der Waals surface area (Å²) in [5.41, 5.74) is 0.983. The lowest BCUT2D eigenvalue weighted by Crippen LogP contribution is -2.85. The van der Waals surface area contributed by atoms with Gasteiger partial charge in [-0.15, -0.1) is 46.4 Å². The van der Waals surface area contributed by atoms with E-state index in [1.165, 1.54) is 0 Å². The second kappa shape index (κ2) is 18.6. The van der Waals surface area contributed by atoms with Gasteiger partial charge < -0.3 is 32.9 Å². The number of rotatable bonds is 16. The van der Waals surface area contributed by atoms with Gasteiger partial charge in [0, 0.05) is 42.8 Å². The third-order valence-electron chi connectivity index (χ3n) is 8.51. The molecule has 0 amide bonds. The SMILES string of the molecule is C[Si](C)(CCl)O[Si]1(c2ccccc2)O[Si](O[Si](C)(C)CCl)(c2ccccc2)O[Si](O[Si](C)(C)CCl)(c2ccccc2)O[Si](O[Si](C)(C)CCl)(c2ccccc2)O1. The molecule has 1 aliphatic heterocycles. The van der Waals surface area contributed by atoms with Crippen molar-refractivity contribution in [3.63, 3.8) is 0 Å². The molecule has 0 unspecified atom stereocenters. The van der Waals surface area contributed by atoms with Gasteiger partial charge in [-0.1, -0.05) is 121 Å². The molecular weight excluding hydrogens is 927 g/mol. The number of benzene rings is 4. The van der Waals surface area contributed by atoms with Crippen molar-refractivity contribution in [2.75, 3.05) is 22.0 Å². The van der Waals surface area contributed by atoms with Crippen LogP contribution in [0.2, 0.25) is 52.4 Å². The standard InChI is InChI=1S/C36H52Cl4O8Si8/c1-49(2,29-37)41-53(33-21-13-9-14-22-33)45-54(42-50(3,4)30-38,34-23-15-10-16-24-34)47-56(44-52(7,8)32-40,36-27-19-12-20-28-36)48-55(46-53,43-51(5,6)31-39)35-25-17-11-18-26-35/h9-28H,29-32H2,1-8H3. The van der Waals surface area contributed by atoms with E-state index in [4.69, 9.17) is 79.3 Å². The van der Waals surface area contributed by atoms with E-state index < -0.39 is 68.5 Å². The second-order valence-electron chi connectivity index (χ2n) is 16.1. The Bertz CT molecular complexity index is 1580. The van der Waals surface area contributed by atoms with Gasteiger partial charge in [0.15, 0.2) is 33.3 Å². The zero-order chi connectivity index (χ0) is 40.9. The third kappa shape index (κ3) is 11.0. The van der Waals surface area contributed by atoms with Gasteiger partial charge in [0.25, 0.3) is 0 Å². The minimum atomic E-state index is -4.38. The molecule has 0 radical (unpaired) electrons. The Morgan fingerprint density at radius 1 is 0.339 bits per heavy atom. The number of alkyl halides is 4. The van der Waals surface area contributed by atoms with E-state index in [9.17, 15) is 0 Å². The fourth-order valence-corrected chi connectivity index (χ4v) is 40.5. The maximum absolute atomic E-state index is 7.90. The molecule has 1 fully saturated rings. The molecule has 56 heavy (non-hydrogen) atoms. The lowest BCUT2D eigenvalue weighted by molar-refractivity contribution is 0.104. The van der Waals surface area contributed by atoms with Crippen molar-refractivity contribution in [2.45, 2.75) is 52.4 Å². The van der Waals surface area contributed by atoms with Gasteiger partial charge in [-0.05, 0) is 52.4 Å². The first-order valence-corrected chi connectivity index (χ1v) is 39.9. The van der Waals surface area contributed by atoms with Crippen molar-refractivity contribution in [1.82, 2.24) is 0 Å². The van der Waals surface area contributed by atoms with Gasteiger partial charge in [0.2, 0.25) is 0 Å². The molecule has 4 aromatic rings. The number of halogens is 4. The van der Waals surface area contributed by atoms with Gasteiger partial charge in [0.1, 0.15) is 0 Å². The molecule has 1 aliphatic rings. The Morgan fingerprint density at radius 3 is 0.643 bits per heavy atom. The van der Waals surface area contributed by atoms with E-state index in [0.29, 0.717) is 20.7 Å². The van der Waals surface area contributed by atoms with Crippen LogP contribution in [0, 0.1) is 0 Å². The Morgan fingerprint density at radius 2 is 0.500 bits per heavy atom. The van der Waals surface area contributed by atoms with Crippen LogP contribution >= 0.6 is 46.4 Å². The molecule has 0 aliphatic carbocycles. The largest absolute Gasteiger partial charge is 0.512 e. The first kappa shape index (κ1) is 46.5. The molecule has 8 nitrogen and oxygen atoms in total. The van der Waals surface area contributed by atoms with Gasteiger partial charge in [0.05, 0.1) is 0 Å². The van der Waals surface area contributed by atoms with Gasteiger partial charge >= 0.3 is 35.2 Å². The molecule has 0 N–H and O–H groups in total. The van der Waals surface area contributed by atoms with E-state index in [0.717, 1.165) is 0 Å². The van der Waals surface area contributed by atoms with Crippen molar-refractivity contribution < 1.29 is 32.9 Å². The Balaban J connectivity index is 2.04. The van der Waals surface area contributed by atoms with Crippen LogP contribution in [0.3, 0.4) is 0 Å². The maximum Gasteiger partial charge on any atom is 0.512 e. The molecule has 0 aromatic heterocycles. The summed E-state index contributed by atoms with van der Waals surface area (Å²) in [4.78, 5) is 0. The summed E-state index contributed by atoms with van der Waals surface area (Å²) in [7, 11) is -28.8. The summed E-state index contributed by atoms with van der Waals surface area (Å²) < 4.78 is 61.4. The average Bonchev–Trinajstić information content (AvgIpc) is 3.18. The van der Waals surface area contributed by atoms with Crippen molar-refractivity contribution in [3.05, 3.63) is 121 Å². The fraction of sp³-hybridized carbons (Fsp3) is 0.333. The average molecular weight is 979 g/mol. The maximum atomic E-state index is 7.90. The normalized spacial score (nSPS) is 25.4. The van der Waals surface area contributed by atoms with Crippen LogP contribution in [-0.2, 0) is 32.9 Å². The lowest BCUT2D eigenvalue weighted by atomic mass is 10.4. The summed E-state index contributed by atoms with van der Waals surface area (Å²) >= 11 is 27.1. The monoisotopic (exact) mass is 976 g/mol. The highest BCUT2D eigenvalue weighted by molar-refractivity contribution is 7.07. The zero-order valence-corrected chi connectivity index (χ0v) is 44.2. The summed E-state index contributed by atoms with van der Waals surface area (Å²) in [5.74, 6) is 0. The van der Waals surface area contributed by atoms with Crippen molar-refractivity contribution in [2.24, 2.45) is 0 Å². The van der Waals surface area contributed by atoms with E-state index in [1.807, 2.05) is 174 Å². The molecule has 5 rings (SSSR count). The van der Waals surface area contributed by atoms with E-state index in [2.05, 4.69) is 0 Å². The lowest BCUT2D eigenvalue weighted by Gasteiger charge is -2.54. The first-order valence-electron chi connectivity index (χ1n) is 18.4. The van der Waals surface area contributed by atoms with Crippen LogP contribution in [0.4, 0.5) is 0 Å². The zero-order valence-electron chi connectivity index (χ0n) is 33.2. The number of hydrogen-bond acceptors (Lipinski definition) is 8. The molecule has 0 bridgehead atoms. The van der Waals surface area contributed by atoms with Crippen LogP contribution in [0.25, 0.3) is 0 Å². The second-order valence-corrected chi connectivity index (χ2v) is 47.7. The smallest absolute Gasteiger partial charge is 0.412 e. The van der Waals surface area contributed by atoms with E-state index >= 15 is 0 Å². The van der Waals surface area contributed by atoms with E-state index in [-0.39, 0.29) is 22.0 Å². The van der Waals surface area contributed by atoms with Crippen molar-refractivity contribution >= 4 is 136 Å². The molecule has 1 heterocycles. The van der Waals surface area contributed by atoms with Crippen molar-refractivity contribution in [1.29, 1.82) is 0 Å². The molecule has 0 saturated carbocycles. The van der Waals surface area contributed by atoms with Gasteiger partial charge in [-0.2, -0.15) is 0 Å². The predicted molar refractivity (Wildman–Crippen MR) is 249 cm³/mol. The Labute approximate surface area is 361 Å². The predicted octanol–water partition coefficient (Wildman–Crippen LogP) is 7.45. The summed E-state index contributed by atoms with van der Waals surface area (Å²) in [5, 5.41) is 2.69. The highest BCUT2D eigenvalue weighted by atomic mass is 35.5. The van der Waals surface area contributed by atoms with Crippen LogP contribution in [-0.4, -0.2) is 90.5 Å². The molecular formula is C36H52Cl4O8Si8. The molecule has 0 atom stereocenters. The minimum absolute atomic E-state index is 0.246. The highest BCUT2D eigenvalue weighted by Crippen LogP contribution is 2.38. The quantitative estimate of drug-likeness (QED) is 0.0848. The molecule has 20 heteroatoms. The molecule has 0 spiro atoms. The van der Waals surface area contributed by atoms with Crippen LogP contribution < -0.4 is 20.7 Å². The van der Waals surface area contributed by atoms with Crippen LogP contribution in [0.15, 0.2) is 121 Å². The molecule has 1 saturated heterocycles. The highest BCUT2D eigenvalue weighted by Gasteiger charge is 2.73. The van der Waals surface area contributed by atoms with E-state index in [1.54, 1.807) is 0 Å². The van der Waals surface area contributed by atoms with Crippen LogP contribution in [0.5, 0.6) is 0 Å². The topological polar surface area (TPSA) is 73.8 Å². The Kier molecular flexibility index (Phi) is 15.5. The summed E-state index contributed by atoms with van der Waals surface area (Å²) in [6, 6.07) is 38.9. The Hall–Kier alpha value is -0.545. The summed E-state index contributed by atoms with van der Waals surface area (Å²) in [6.45, 7) is 16.3. The molecule has 304 valence electrons. The van der Waals surface area contributed by atoms with Crippen LogP contribution in [0.1, 0.15) is 0 Å². The number of hydrogen-bond donors (Lipinski definition) is 0. The molecule has 4 aromatic carbocycles. The minimum Gasteiger partial charge on any atom is -0.412 e. The van der Waals surface area contributed by atoms with Crippen molar-refractivity contribution in [3.8, 4) is 0 Å². The summed E-state index contributed by atoms with van der Waals surface area (Å²) in [6.07, 6.45) is 0. The fourth-order valence-electron chi connectivity index (χ4n) is 5.80. The third-order valence-corrected chi connectivity index (χ3v) is 44.7. The van der Waals surface area contributed by atoms with Gasteiger partial charge in [-0.3, -0.25) is 0 Å². The first-order chi connectivity index (χ1) is 26.3.